The Balaban J connectivity index is 1.59. The van der Waals surface area contributed by atoms with E-state index in [4.69, 9.17) is 0 Å². The fourth-order valence-corrected chi connectivity index (χ4v) is 3.57. The van der Waals surface area contributed by atoms with E-state index in [0.717, 1.165) is 30.7 Å². The van der Waals surface area contributed by atoms with E-state index in [0.29, 0.717) is 5.92 Å². The minimum atomic E-state index is -0.297. The number of hydrogen-bond acceptors (Lipinski definition) is 1. The van der Waals surface area contributed by atoms with Crippen LogP contribution in [0.25, 0.3) is 0 Å². The Hall–Kier alpha value is -1.60. The van der Waals surface area contributed by atoms with Crippen LogP contribution < -0.4 is 0 Å². The number of aliphatic hydroxyl groups is 1. The molecule has 1 aliphatic carbocycles. The van der Waals surface area contributed by atoms with Crippen molar-refractivity contribution in [3.05, 3.63) is 71.3 Å². The van der Waals surface area contributed by atoms with Gasteiger partial charge in [-0.3, -0.25) is 0 Å². The Morgan fingerprint density at radius 2 is 1.71 bits per heavy atom. The van der Waals surface area contributed by atoms with E-state index in [1.54, 1.807) is 0 Å². The van der Waals surface area contributed by atoms with E-state index in [1.165, 1.54) is 17.5 Å². The van der Waals surface area contributed by atoms with Gasteiger partial charge < -0.3 is 5.11 Å². The van der Waals surface area contributed by atoms with Gasteiger partial charge in [0.15, 0.2) is 0 Å². The van der Waals surface area contributed by atoms with Gasteiger partial charge in [0.05, 0.1) is 6.10 Å². The minimum Gasteiger partial charge on any atom is -0.388 e. The van der Waals surface area contributed by atoms with Crippen molar-refractivity contribution in [2.45, 2.75) is 38.7 Å². The summed E-state index contributed by atoms with van der Waals surface area (Å²) in [6.45, 7) is 2.13. The van der Waals surface area contributed by atoms with Gasteiger partial charge in [0.1, 0.15) is 0 Å². The van der Waals surface area contributed by atoms with Crippen LogP contribution in [0.4, 0.5) is 0 Å². The normalized spacial score (nSPS) is 23.1. The van der Waals surface area contributed by atoms with E-state index >= 15 is 0 Å². The standard InChI is InChI=1S/C20H24O/c1-15-7-9-16(10-8-15)13-17-11-12-19(14-17)20(21)18-5-3-2-4-6-18/h2-10,17,19-21H,11-14H2,1H3. The first-order valence-corrected chi connectivity index (χ1v) is 8.01. The topological polar surface area (TPSA) is 20.2 Å². The maximum absolute atomic E-state index is 10.5. The second kappa shape index (κ2) is 6.44. The molecule has 0 heterocycles. The molecule has 3 unspecified atom stereocenters. The molecule has 0 spiro atoms. The Morgan fingerprint density at radius 3 is 2.43 bits per heavy atom. The maximum atomic E-state index is 10.5. The molecule has 3 atom stereocenters. The summed E-state index contributed by atoms with van der Waals surface area (Å²) in [5.74, 6) is 1.14. The molecule has 0 saturated heterocycles. The Labute approximate surface area is 127 Å². The summed E-state index contributed by atoms with van der Waals surface area (Å²) in [5, 5.41) is 10.5. The van der Waals surface area contributed by atoms with Crippen LogP contribution in [-0.4, -0.2) is 5.11 Å². The van der Waals surface area contributed by atoms with Gasteiger partial charge in [0.2, 0.25) is 0 Å². The largest absolute Gasteiger partial charge is 0.388 e. The summed E-state index contributed by atoms with van der Waals surface area (Å²) in [4.78, 5) is 0. The molecule has 1 heteroatoms. The van der Waals surface area contributed by atoms with E-state index in [-0.39, 0.29) is 6.10 Å². The Morgan fingerprint density at radius 1 is 1.00 bits per heavy atom. The van der Waals surface area contributed by atoms with Gasteiger partial charge in [0, 0.05) is 0 Å². The van der Waals surface area contributed by atoms with Crippen molar-refractivity contribution in [2.75, 3.05) is 0 Å². The Bertz CT molecular complexity index is 558. The van der Waals surface area contributed by atoms with Crippen molar-refractivity contribution in [1.82, 2.24) is 0 Å². The fraction of sp³-hybridized carbons (Fsp3) is 0.400. The SMILES string of the molecule is Cc1ccc(CC2CCC(C(O)c3ccccc3)C2)cc1. The lowest BCUT2D eigenvalue weighted by molar-refractivity contribution is 0.109. The van der Waals surface area contributed by atoms with Crippen LogP contribution in [-0.2, 0) is 6.42 Å². The first-order valence-electron chi connectivity index (χ1n) is 8.01. The fourth-order valence-electron chi connectivity index (χ4n) is 3.57. The molecule has 1 N–H and O–H groups in total. The third-order valence-corrected chi connectivity index (χ3v) is 4.81. The van der Waals surface area contributed by atoms with Crippen LogP contribution in [0.3, 0.4) is 0 Å². The van der Waals surface area contributed by atoms with Gasteiger partial charge in [-0.25, -0.2) is 0 Å². The quantitative estimate of drug-likeness (QED) is 0.861. The zero-order valence-corrected chi connectivity index (χ0v) is 12.7. The molecule has 1 fully saturated rings. The van der Waals surface area contributed by atoms with Gasteiger partial charge in [-0.15, -0.1) is 0 Å². The highest BCUT2D eigenvalue weighted by Crippen LogP contribution is 2.40. The van der Waals surface area contributed by atoms with E-state index in [1.807, 2.05) is 30.3 Å². The zero-order chi connectivity index (χ0) is 14.7. The van der Waals surface area contributed by atoms with Crippen molar-refractivity contribution in [3.8, 4) is 0 Å². The average molecular weight is 280 g/mol. The highest BCUT2D eigenvalue weighted by atomic mass is 16.3. The van der Waals surface area contributed by atoms with Gasteiger partial charge in [-0.1, -0.05) is 60.2 Å². The minimum absolute atomic E-state index is 0.297. The third kappa shape index (κ3) is 3.54. The highest BCUT2D eigenvalue weighted by molar-refractivity contribution is 5.22. The van der Waals surface area contributed by atoms with Crippen LogP contribution in [0, 0.1) is 18.8 Å². The molecule has 0 radical (unpaired) electrons. The molecule has 110 valence electrons. The van der Waals surface area contributed by atoms with Crippen LogP contribution >= 0.6 is 0 Å². The summed E-state index contributed by atoms with van der Waals surface area (Å²) in [6.07, 6.45) is 4.38. The molecule has 0 amide bonds. The second-order valence-corrected chi connectivity index (χ2v) is 6.48. The number of aryl methyl sites for hydroxylation is 1. The molecule has 1 saturated carbocycles. The lowest BCUT2D eigenvalue weighted by Crippen LogP contribution is -2.10. The van der Waals surface area contributed by atoms with Gasteiger partial charge in [-0.05, 0) is 55.6 Å². The smallest absolute Gasteiger partial charge is 0.0818 e. The molecule has 21 heavy (non-hydrogen) atoms. The zero-order valence-electron chi connectivity index (χ0n) is 12.7. The van der Waals surface area contributed by atoms with Crippen molar-refractivity contribution >= 4 is 0 Å². The van der Waals surface area contributed by atoms with E-state index < -0.39 is 0 Å². The van der Waals surface area contributed by atoms with Crippen molar-refractivity contribution in [2.24, 2.45) is 11.8 Å². The number of hydrogen-bond donors (Lipinski definition) is 1. The predicted octanol–water partition coefficient (Wildman–Crippen LogP) is 4.69. The molecule has 1 aliphatic rings. The summed E-state index contributed by atoms with van der Waals surface area (Å²) >= 11 is 0. The van der Waals surface area contributed by atoms with Gasteiger partial charge in [0.25, 0.3) is 0 Å². The molecule has 2 aromatic carbocycles. The predicted molar refractivity (Wildman–Crippen MR) is 87.1 cm³/mol. The van der Waals surface area contributed by atoms with Gasteiger partial charge >= 0.3 is 0 Å². The van der Waals surface area contributed by atoms with Crippen LogP contribution in [0.1, 0.15) is 42.1 Å². The second-order valence-electron chi connectivity index (χ2n) is 6.48. The van der Waals surface area contributed by atoms with Crippen LogP contribution in [0.2, 0.25) is 0 Å². The first kappa shape index (κ1) is 14.3. The number of benzene rings is 2. The van der Waals surface area contributed by atoms with Crippen LogP contribution in [0.5, 0.6) is 0 Å². The lowest BCUT2D eigenvalue weighted by Gasteiger charge is -2.18. The molecular weight excluding hydrogens is 256 g/mol. The summed E-state index contributed by atoms with van der Waals surface area (Å²) in [5.41, 5.74) is 3.82. The monoisotopic (exact) mass is 280 g/mol. The van der Waals surface area contributed by atoms with E-state index in [2.05, 4.69) is 31.2 Å². The molecule has 0 aromatic heterocycles. The summed E-state index contributed by atoms with van der Waals surface area (Å²) in [7, 11) is 0. The average Bonchev–Trinajstić information content (AvgIpc) is 2.98. The summed E-state index contributed by atoms with van der Waals surface area (Å²) < 4.78 is 0. The Kier molecular flexibility index (Phi) is 4.40. The molecule has 3 rings (SSSR count). The van der Waals surface area contributed by atoms with Gasteiger partial charge in [-0.2, -0.15) is 0 Å². The highest BCUT2D eigenvalue weighted by Gasteiger charge is 2.30. The van der Waals surface area contributed by atoms with Crippen molar-refractivity contribution in [1.29, 1.82) is 0 Å². The van der Waals surface area contributed by atoms with E-state index in [9.17, 15) is 5.11 Å². The molecular formula is C20H24O. The van der Waals surface area contributed by atoms with Crippen LogP contribution in [0.15, 0.2) is 54.6 Å². The maximum Gasteiger partial charge on any atom is 0.0818 e. The number of rotatable bonds is 4. The third-order valence-electron chi connectivity index (χ3n) is 4.81. The van der Waals surface area contributed by atoms with Crippen molar-refractivity contribution in [3.63, 3.8) is 0 Å². The summed E-state index contributed by atoms with van der Waals surface area (Å²) in [6, 6.07) is 19.0. The van der Waals surface area contributed by atoms with Crippen molar-refractivity contribution < 1.29 is 5.11 Å². The molecule has 2 aromatic rings. The first-order chi connectivity index (χ1) is 10.2. The number of aliphatic hydroxyl groups excluding tert-OH is 1. The lowest BCUT2D eigenvalue weighted by atomic mass is 9.91. The molecule has 1 nitrogen and oxygen atoms in total. The molecule has 0 bridgehead atoms. The molecule has 0 aliphatic heterocycles.